The first-order chi connectivity index (χ1) is 15.6. The SMILES string of the molecule is CCN(C#N)C(=O)C(Cc1ccccc1)NC(=O)Nc1ccc(Oc2ccccc2)cc1. The zero-order valence-corrected chi connectivity index (χ0v) is 17.7. The van der Waals surface area contributed by atoms with E-state index in [2.05, 4.69) is 10.6 Å². The normalized spacial score (nSPS) is 11.0. The predicted octanol–water partition coefficient (Wildman–Crippen LogP) is 4.54. The largest absolute Gasteiger partial charge is 0.457 e. The molecule has 0 heterocycles. The number of anilines is 1. The summed E-state index contributed by atoms with van der Waals surface area (Å²) >= 11 is 0. The first kappa shape index (κ1) is 22.4. The lowest BCUT2D eigenvalue weighted by Gasteiger charge is -2.22. The third-order valence-electron chi connectivity index (χ3n) is 4.68. The Bertz CT molecular complexity index is 1060. The number of benzene rings is 3. The molecule has 3 amide bonds. The number of amides is 3. The van der Waals surface area contributed by atoms with Crippen molar-refractivity contribution >= 4 is 17.6 Å². The fourth-order valence-electron chi connectivity index (χ4n) is 3.07. The van der Waals surface area contributed by atoms with Crippen molar-refractivity contribution in [2.75, 3.05) is 11.9 Å². The van der Waals surface area contributed by atoms with Gasteiger partial charge in [-0.15, -0.1) is 0 Å². The number of carbonyl (C=O) groups excluding carboxylic acids is 2. The van der Waals surface area contributed by atoms with Gasteiger partial charge >= 0.3 is 6.03 Å². The third kappa shape index (κ3) is 6.34. The number of urea groups is 1. The van der Waals surface area contributed by atoms with Crippen molar-refractivity contribution in [3.05, 3.63) is 90.5 Å². The van der Waals surface area contributed by atoms with Gasteiger partial charge in [0.25, 0.3) is 5.91 Å². The maximum atomic E-state index is 12.8. The van der Waals surface area contributed by atoms with Crippen LogP contribution in [-0.4, -0.2) is 29.4 Å². The van der Waals surface area contributed by atoms with Crippen molar-refractivity contribution in [2.24, 2.45) is 0 Å². The van der Waals surface area contributed by atoms with Gasteiger partial charge in [0.1, 0.15) is 17.5 Å². The summed E-state index contributed by atoms with van der Waals surface area (Å²) in [6, 6.07) is 24.2. The Morgan fingerprint density at radius 3 is 2.12 bits per heavy atom. The molecule has 3 aromatic rings. The lowest BCUT2D eigenvalue weighted by Crippen LogP contribution is -2.49. The smallest absolute Gasteiger partial charge is 0.319 e. The molecule has 3 rings (SSSR count). The molecule has 7 nitrogen and oxygen atoms in total. The summed E-state index contributed by atoms with van der Waals surface area (Å²) in [6.45, 7) is 1.94. The standard InChI is InChI=1S/C25H24N4O3/c1-2-29(18-26)24(30)23(17-19-9-5-3-6-10-19)28-25(31)27-20-13-15-22(16-14-20)32-21-11-7-4-8-12-21/h3-16,23H,2,17H2,1H3,(H2,27,28,31). The average Bonchev–Trinajstić information content (AvgIpc) is 2.82. The number of para-hydroxylation sites is 1. The van der Waals surface area contributed by atoms with Gasteiger partial charge in [0.15, 0.2) is 6.19 Å². The van der Waals surface area contributed by atoms with Gasteiger partial charge in [-0.25, -0.2) is 9.69 Å². The van der Waals surface area contributed by atoms with E-state index in [9.17, 15) is 14.9 Å². The van der Waals surface area contributed by atoms with Crippen LogP contribution in [0.1, 0.15) is 12.5 Å². The molecular formula is C25H24N4O3. The minimum Gasteiger partial charge on any atom is -0.457 e. The maximum absolute atomic E-state index is 12.8. The second-order valence-electron chi connectivity index (χ2n) is 6.96. The molecule has 0 aliphatic rings. The van der Waals surface area contributed by atoms with Crippen molar-refractivity contribution in [3.8, 4) is 17.7 Å². The zero-order chi connectivity index (χ0) is 22.8. The lowest BCUT2D eigenvalue weighted by molar-refractivity contribution is -0.129. The molecule has 32 heavy (non-hydrogen) atoms. The van der Waals surface area contributed by atoms with E-state index in [-0.39, 0.29) is 13.0 Å². The molecule has 2 N–H and O–H groups in total. The molecule has 0 bridgehead atoms. The van der Waals surface area contributed by atoms with Crippen LogP contribution < -0.4 is 15.4 Å². The molecule has 162 valence electrons. The topological polar surface area (TPSA) is 94.5 Å². The number of hydrogen-bond donors (Lipinski definition) is 2. The van der Waals surface area contributed by atoms with Crippen LogP contribution in [0.15, 0.2) is 84.9 Å². The number of ether oxygens (including phenoxy) is 1. The molecule has 3 aromatic carbocycles. The van der Waals surface area contributed by atoms with E-state index in [1.54, 1.807) is 31.2 Å². The lowest BCUT2D eigenvalue weighted by atomic mass is 10.0. The Hall–Kier alpha value is -4.31. The Labute approximate surface area is 187 Å². The molecular weight excluding hydrogens is 404 g/mol. The van der Waals surface area contributed by atoms with Gasteiger partial charge in [-0.1, -0.05) is 48.5 Å². The summed E-state index contributed by atoms with van der Waals surface area (Å²) < 4.78 is 5.74. The highest BCUT2D eigenvalue weighted by atomic mass is 16.5. The number of likely N-dealkylation sites (N-methyl/N-ethyl adjacent to an activating group) is 1. The molecule has 0 radical (unpaired) electrons. The molecule has 0 aliphatic carbocycles. The van der Waals surface area contributed by atoms with Crippen molar-refractivity contribution in [2.45, 2.75) is 19.4 Å². The van der Waals surface area contributed by atoms with Gasteiger partial charge in [-0.05, 0) is 48.9 Å². The molecule has 0 aromatic heterocycles. The summed E-state index contributed by atoms with van der Waals surface area (Å²) in [5.74, 6) is 0.888. The van der Waals surface area contributed by atoms with Crippen molar-refractivity contribution < 1.29 is 14.3 Å². The highest BCUT2D eigenvalue weighted by Gasteiger charge is 2.25. The number of hydrogen-bond acceptors (Lipinski definition) is 4. The van der Waals surface area contributed by atoms with E-state index in [1.165, 1.54) is 0 Å². The Morgan fingerprint density at radius 1 is 0.938 bits per heavy atom. The second-order valence-corrected chi connectivity index (χ2v) is 6.96. The van der Waals surface area contributed by atoms with Crippen molar-refractivity contribution in [3.63, 3.8) is 0 Å². The van der Waals surface area contributed by atoms with Gasteiger partial charge in [-0.3, -0.25) is 4.79 Å². The zero-order valence-electron chi connectivity index (χ0n) is 17.7. The van der Waals surface area contributed by atoms with Gasteiger partial charge in [-0.2, -0.15) is 5.26 Å². The van der Waals surface area contributed by atoms with E-state index >= 15 is 0 Å². The Balaban J connectivity index is 1.65. The first-order valence-electron chi connectivity index (χ1n) is 10.2. The summed E-state index contributed by atoms with van der Waals surface area (Å²) in [6.07, 6.45) is 2.14. The molecule has 0 fully saturated rings. The van der Waals surface area contributed by atoms with Gasteiger partial charge in [0, 0.05) is 18.7 Å². The Kier molecular flexibility index (Phi) is 7.82. The fourth-order valence-corrected chi connectivity index (χ4v) is 3.07. The fraction of sp³-hybridized carbons (Fsp3) is 0.160. The van der Waals surface area contributed by atoms with Crippen LogP contribution in [0.25, 0.3) is 0 Å². The summed E-state index contributed by atoms with van der Waals surface area (Å²) in [5.41, 5.74) is 1.42. The van der Waals surface area contributed by atoms with E-state index in [0.29, 0.717) is 17.2 Å². The van der Waals surface area contributed by atoms with E-state index < -0.39 is 18.0 Å². The molecule has 1 unspecified atom stereocenters. The first-order valence-corrected chi connectivity index (χ1v) is 10.2. The number of nitrogens with one attached hydrogen (secondary N) is 2. The molecule has 1 atom stereocenters. The summed E-state index contributed by atoms with van der Waals surface area (Å²) in [7, 11) is 0. The van der Waals surface area contributed by atoms with E-state index in [1.807, 2.05) is 66.9 Å². The van der Waals surface area contributed by atoms with Crippen LogP contribution in [0.5, 0.6) is 11.5 Å². The number of nitriles is 1. The quantitative estimate of drug-likeness (QED) is 0.407. The average molecular weight is 428 g/mol. The van der Waals surface area contributed by atoms with Crippen LogP contribution in [0, 0.1) is 11.5 Å². The minimum absolute atomic E-state index is 0.229. The molecule has 0 spiro atoms. The number of nitrogens with zero attached hydrogens (tertiary/aromatic N) is 2. The second kappa shape index (κ2) is 11.2. The summed E-state index contributed by atoms with van der Waals surface area (Å²) in [4.78, 5) is 26.4. The van der Waals surface area contributed by atoms with Gasteiger partial charge in [0.05, 0.1) is 0 Å². The van der Waals surface area contributed by atoms with Crippen LogP contribution in [0.2, 0.25) is 0 Å². The van der Waals surface area contributed by atoms with Gasteiger partial charge in [0.2, 0.25) is 0 Å². The predicted molar refractivity (Wildman–Crippen MR) is 122 cm³/mol. The van der Waals surface area contributed by atoms with Crippen molar-refractivity contribution in [1.82, 2.24) is 10.2 Å². The minimum atomic E-state index is -0.877. The summed E-state index contributed by atoms with van der Waals surface area (Å²) in [5, 5.41) is 14.6. The third-order valence-corrected chi connectivity index (χ3v) is 4.68. The molecule has 0 saturated carbocycles. The highest BCUT2D eigenvalue weighted by Crippen LogP contribution is 2.22. The Morgan fingerprint density at radius 2 is 1.53 bits per heavy atom. The monoisotopic (exact) mass is 428 g/mol. The van der Waals surface area contributed by atoms with Crippen LogP contribution in [0.4, 0.5) is 10.5 Å². The number of rotatable bonds is 8. The van der Waals surface area contributed by atoms with Crippen molar-refractivity contribution in [1.29, 1.82) is 5.26 Å². The van der Waals surface area contributed by atoms with Gasteiger partial charge < -0.3 is 15.4 Å². The molecule has 7 heteroatoms. The number of carbonyl (C=O) groups is 2. The van der Waals surface area contributed by atoms with Crippen LogP contribution in [-0.2, 0) is 11.2 Å². The highest BCUT2D eigenvalue weighted by molar-refractivity contribution is 5.94. The van der Waals surface area contributed by atoms with Crippen LogP contribution >= 0.6 is 0 Å². The van der Waals surface area contributed by atoms with E-state index in [0.717, 1.165) is 10.5 Å². The maximum Gasteiger partial charge on any atom is 0.319 e. The molecule has 0 aliphatic heterocycles. The van der Waals surface area contributed by atoms with E-state index in [4.69, 9.17) is 4.74 Å². The molecule has 0 saturated heterocycles. The van der Waals surface area contributed by atoms with Crippen LogP contribution in [0.3, 0.4) is 0 Å².